The first-order valence-corrected chi connectivity index (χ1v) is 11.4. The minimum Gasteiger partial charge on any atom is -0.339 e. The third-order valence-corrected chi connectivity index (χ3v) is 6.21. The Morgan fingerprint density at radius 1 is 1.06 bits per heavy atom. The van der Waals surface area contributed by atoms with Crippen LogP contribution in [0.4, 0.5) is 5.69 Å². The largest absolute Gasteiger partial charge is 0.339 e. The lowest BCUT2D eigenvalue weighted by Gasteiger charge is -2.35. The van der Waals surface area contributed by atoms with E-state index in [0.717, 1.165) is 41.5 Å². The van der Waals surface area contributed by atoms with Crippen molar-refractivity contribution in [2.75, 3.05) is 32.1 Å². The highest BCUT2D eigenvalue weighted by Crippen LogP contribution is 2.31. The molecule has 6 heteroatoms. The van der Waals surface area contributed by atoms with E-state index in [0.29, 0.717) is 30.5 Å². The first-order valence-electron chi connectivity index (χ1n) is 11.4. The molecule has 0 bridgehead atoms. The van der Waals surface area contributed by atoms with Crippen molar-refractivity contribution in [1.82, 2.24) is 15.0 Å². The summed E-state index contributed by atoms with van der Waals surface area (Å²) in [5, 5.41) is 6.41. The normalized spacial score (nSPS) is 15.7. The molecule has 0 saturated carbocycles. The van der Waals surface area contributed by atoms with E-state index in [1.807, 2.05) is 47.4 Å². The molecule has 0 aliphatic carbocycles. The van der Waals surface area contributed by atoms with Crippen LogP contribution in [0.15, 0.2) is 71.3 Å². The van der Waals surface area contributed by atoms with Crippen LogP contribution in [0.5, 0.6) is 0 Å². The first-order chi connectivity index (χ1) is 16.1. The number of anilines is 1. The summed E-state index contributed by atoms with van der Waals surface area (Å²) >= 11 is 0. The Labute approximate surface area is 193 Å². The van der Waals surface area contributed by atoms with E-state index >= 15 is 0 Å². The van der Waals surface area contributed by atoms with Gasteiger partial charge in [-0.3, -0.25) is 4.79 Å². The lowest BCUT2D eigenvalue weighted by atomic mass is 9.91. The summed E-state index contributed by atoms with van der Waals surface area (Å²) in [5.41, 5.74) is 3.20. The van der Waals surface area contributed by atoms with E-state index in [9.17, 15) is 4.79 Å². The van der Waals surface area contributed by atoms with Gasteiger partial charge in [0.15, 0.2) is 0 Å². The number of hydrogen-bond donors (Lipinski definition) is 0. The van der Waals surface area contributed by atoms with Crippen molar-refractivity contribution >= 4 is 22.4 Å². The average Bonchev–Trinajstić information content (AvgIpc) is 3.30. The minimum atomic E-state index is 0.0933. The summed E-state index contributed by atoms with van der Waals surface area (Å²) in [6.45, 7) is 1.69. The molecule has 2 heterocycles. The summed E-state index contributed by atoms with van der Waals surface area (Å²) in [6, 6.07) is 22.4. The first kappa shape index (κ1) is 21.3. The molecule has 0 saturated heterocycles. The van der Waals surface area contributed by atoms with E-state index in [4.69, 9.17) is 4.52 Å². The van der Waals surface area contributed by atoms with Crippen LogP contribution < -0.4 is 4.90 Å². The van der Waals surface area contributed by atoms with Crippen molar-refractivity contribution in [3.8, 4) is 11.4 Å². The molecule has 1 unspecified atom stereocenters. The van der Waals surface area contributed by atoms with Gasteiger partial charge in [0.1, 0.15) is 0 Å². The van der Waals surface area contributed by atoms with Crippen LogP contribution in [0.25, 0.3) is 22.2 Å². The Balaban J connectivity index is 1.31. The molecule has 6 nitrogen and oxygen atoms in total. The molecular weight excluding hydrogens is 412 g/mol. The number of para-hydroxylation sites is 1. The number of hydrogen-bond acceptors (Lipinski definition) is 5. The molecule has 1 aliphatic rings. The van der Waals surface area contributed by atoms with Crippen molar-refractivity contribution in [3.05, 3.63) is 78.2 Å². The number of aromatic nitrogens is 2. The monoisotopic (exact) mass is 440 g/mol. The SMILES string of the molecule is CN(C)CC1Cc2ccccc2N(C(=O)CCc2nc(-c3cccc4ccccc34)no2)C1. The minimum absolute atomic E-state index is 0.0933. The number of carbonyl (C=O) groups excluding carboxylic acids is 1. The van der Waals surface area contributed by atoms with Crippen LogP contribution in [0.3, 0.4) is 0 Å². The van der Waals surface area contributed by atoms with Crippen molar-refractivity contribution in [1.29, 1.82) is 0 Å². The highest BCUT2D eigenvalue weighted by molar-refractivity contribution is 5.95. The summed E-state index contributed by atoms with van der Waals surface area (Å²) < 4.78 is 5.51. The molecule has 1 atom stereocenters. The molecule has 1 amide bonds. The molecule has 168 valence electrons. The Morgan fingerprint density at radius 3 is 2.73 bits per heavy atom. The zero-order valence-corrected chi connectivity index (χ0v) is 19.1. The second kappa shape index (κ2) is 9.16. The maximum Gasteiger partial charge on any atom is 0.227 e. The van der Waals surface area contributed by atoms with Gasteiger partial charge in [-0.2, -0.15) is 4.98 Å². The zero-order chi connectivity index (χ0) is 22.8. The van der Waals surface area contributed by atoms with Crippen LogP contribution in [0, 0.1) is 5.92 Å². The van der Waals surface area contributed by atoms with Crippen molar-refractivity contribution < 1.29 is 9.32 Å². The standard InChI is InChI=1S/C27H28N4O2/c1-30(2)17-19-16-21-9-4-6-13-24(21)31(18-19)26(32)15-14-25-28-27(29-33-25)23-12-7-10-20-8-3-5-11-22(20)23/h3-13,19H,14-18H2,1-2H3. The summed E-state index contributed by atoms with van der Waals surface area (Å²) in [4.78, 5) is 22.0. The number of carbonyl (C=O) groups is 1. The van der Waals surface area contributed by atoms with Crippen LogP contribution in [-0.4, -0.2) is 48.1 Å². The molecule has 5 rings (SSSR count). The Morgan fingerprint density at radius 2 is 1.85 bits per heavy atom. The van der Waals surface area contributed by atoms with E-state index in [1.165, 1.54) is 5.56 Å². The second-order valence-electron chi connectivity index (χ2n) is 9.00. The summed E-state index contributed by atoms with van der Waals surface area (Å²) in [6.07, 6.45) is 1.75. The number of rotatable bonds is 6. The number of fused-ring (bicyclic) bond motifs is 2. The number of aryl methyl sites for hydroxylation is 1. The predicted octanol–water partition coefficient (Wildman–Crippen LogP) is 4.59. The quantitative estimate of drug-likeness (QED) is 0.439. The van der Waals surface area contributed by atoms with Crippen molar-refractivity contribution in [3.63, 3.8) is 0 Å². The number of benzene rings is 3. The van der Waals surface area contributed by atoms with Gasteiger partial charge in [0.25, 0.3) is 0 Å². The molecule has 0 fully saturated rings. The summed E-state index contributed by atoms with van der Waals surface area (Å²) in [5.74, 6) is 1.56. The third-order valence-electron chi connectivity index (χ3n) is 6.21. The van der Waals surface area contributed by atoms with Crippen LogP contribution in [-0.2, 0) is 17.6 Å². The van der Waals surface area contributed by atoms with E-state index < -0.39 is 0 Å². The van der Waals surface area contributed by atoms with Gasteiger partial charge >= 0.3 is 0 Å². The molecule has 33 heavy (non-hydrogen) atoms. The van der Waals surface area contributed by atoms with Gasteiger partial charge < -0.3 is 14.3 Å². The van der Waals surface area contributed by atoms with Gasteiger partial charge in [-0.1, -0.05) is 65.8 Å². The number of amides is 1. The predicted molar refractivity (Wildman–Crippen MR) is 130 cm³/mol. The van der Waals surface area contributed by atoms with Crippen molar-refractivity contribution in [2.45, 2.75) is 19.3 Å². The molecule has 1 aliphatic heterocycles. The second-order valence-corrected chi connectivity index (χ2v) is 9.00. The molecular formula is C27H28N4O2. The highest BCUT2D eigenvalue weighted by atomic mass is 16.5. The van der Waals surface area contributed by atoms with Crippen LogP contribution in [0.1, 0.15) is 17.9 Å². The topological polar surface area (TPSA) is 62.5 Å². The van der Waals surface area contributed by atoms with Gasteiger partial charge in [0, 0.05) is 37.2 Å². The molecule has 0 radical (unpaired) electrons. The lowest BCUT2D eigenvalue weighted by Crippen LogP contribution is -2.43. The molecule has 1 aromatic heterocycles. The third kappa shape index (κ3) is 4.52. The van der Waals surface area contributed by atoms with Crippen LogP contribution >= 0.6 is 0 Å². The maximum absolute atomic E-state index is 13.2. The fraction of sp³-hybridized carbons (Fsp3) is 0.296. The zero-order valence-electron chi connectivity index (χ0n) is 19.1. The number of nitrogens with zero attached hydrogens (tertiary/aromatic N) is 4. The van der Waals surface area contributed by atoms with Crippen molar-refractivity contribution in [2.24, 2.45) is 5.92 Å². The Kier molecular flexibility index (Phi) is 5.92. The molecule has 0 spiro atoms. The molecule has 0 N–H and O–H groups in total. The van der Waals surface area contributed by atoms with E-state index in [-0.39, 0.29) is 5.91 Å². The van der Waals surface area contributed by atoms with Gasteiger partial charge in [0.05, 0.1) is 0 Å². The highest BCUT2D eigenvalue weighted by Gasteiger charge is 2.28. The fourth-order valence-corrected chi connectivity index (χ4v) is 4.79. The lowest BCUT2D eigenvalue weighted by molar-refractivity contribution is -0.118. The average molecular weight is 441 g/mol. The van der Waals surface area contributed by atoms with Gasteiger partial charge in [-0.05, 0) is 48.8 Å². The van der Waals surface area contributed by atoms with Gasteiger partial charge in [-0.25, -0.2) is 0 Å². The van der Waals surface area contributed by atoms with Gasteiger partial charge in [0.2, 0.25) is 17.6 Å². The van der Waals surface area contributed by atoms with Gasteiger partial charge in [-0.15, -0.1) is 0 Å². The molecule has 3 aromatic carbocycles. The van der Waals surface area contributed by atoms with Crippen LogP contribution in [0.2, 0.25) is 0 Å². The fourth-order valence-electron chi connectivity index (χ4n) is 4.79. The Hall–Kier alpha value is -3.51. The summed E-state index contributed by atoms with van der Waals surface area (Å²) in [7, 11) is 4.16. The smallest absolute Gasteiger partial charge is 0.227 e. The van der Waals surface area contributed by atoms with E-state index in [1.54, 1.807) is 0 Å². The maximum atomic E-state index is 13.2. The molecule has 4 aromatic rings. The Bertz CT molecular complexity index is 1270. The van der Waals surface area contributed by atoms with E-state index in [2.05, 4.69) is 53.4 Å².